The smallest absolute Gasteiger partial charge is 0.164 e. The fourth-order valence-electron chi connectivity index (χ4n) is 10.5. The first-order valence-corrected chi connectivity index (χ1v) is 21.8. The molecule has 5 nitrogen and oxygen atoms in total. The summed E-state index contributed by atoms with van der Waals surface area (Å²) < 4.78 is 4.91. The zero-order valence-corrected chi connectivity index (χ0v) is 34.4. The van der Waals surface area contributed by atoms with Crippen LogP contribution in [0.1, 0.15) is 0 Å². The zero-order chi connectivity index (χ0) is 41.9. The van der Waals surface area contributed by atoms with Crippen molar-refractivity contribution in [3.8, 4) is 67.8 Å². The lowest BCUT2D eigenvalue weighted by atomic mass is 9.91. The topological polar surface area (TPSA) is 48.5 Å². The number of hydrogen-bond acceptors (Lipinski definition) is 3. The molecule has 0 spiro atoms. The summed E-state index contributed by atoms with van der Waals surface area (Å²) in [6.07, 6.45) is 0. The van der Waals surface area contributed by atoms with Crippen LogP contribution in [0.5, 0.6) is 0 Å². The number of aromatic nitrogens is 5. The van der Waals surface area contributed by atoms with Crippen molar-refractivity contribution in [2.24, 2.45) is 0 Å². The van der Waals surface area contributed by atoms with E-state index in [4.69, 9.17) is 15.0 Å². The summed E-state index contributed by atoms with van der Waals surface area (Å²) in [6.45, 7) is 0. The molecule has 0 amide bonds. The van der Waals surface area contributed by atoms with Gasteiger partial charge in [0.25, 0.3) is 0 Å². The molecule has 0 bridgehead atoms. The van der Waals surface area contributed by atoms with E-state index in [0.717, 1.165) is 39.0 Å². The second kappa shape index (κ2) is 13.4. The second-order valence-electron chi connectivity index (χ2n) is 16.8. The van der Waals surface area contributed by atoms with Crippen molar-refractivity contribution in [2.45, 2.75) is 0 Å². The Hall–Kier alpha value is -8.67. The van der Waals surface area contributed by atoms with Crippen LogP contribution in [-0.2, 0) is 0 Å². The Kier molecular flexibility index (Phi) is 7.33. The van der Waals surface area contributed by atoms with Crippen LogP contribution in [0.4, 0.5) is 0 Å². The highest BCUT2D eigenvalue weighted by Gasteiger charge is 2.29. The first-order chi connectivity index (χ1) is 31.7. The average molecular weight is 814 g/mol. The zero-order valence-electron chi connectivity index (χ0n) is 34.4. The molecule has 0 N–H and O–H groups in total. The third-order valence-corrected chi connectivity index (χ3v) is 13.3. The maximum Gasteiger partial charge on any atom is 0.164 e. The lowest BCUT2D eigenvalue weighted by Crippen LogP contribution is -2.01. The van der Waals surface area contributed by atoms with Crippen LogP contribution in [0.25, 0.3) is 133 Å². The van der Waals surface area contributed by atoms with Crippen molar-refractivity contribution in [2.75, 3.05) is 0 Å². The van der Waals surface area contributed by atoms with Crippen molar-refractivity contribution in [1.82, 2.24) is 24.1 Å². The van der Waals surface area contributed by atoms with E-state index in [0.29, 0.717) is 17.5 Å². The summed E-state index contributed by atoms with van der Waals surface area (Å²) in [5.74, 6) is 1.91. The number of rotatable bonds is 5. The SMILES string of the molecule is c1ccc(-c2nc(-c3ccc(-n4c5cc6c(c7c5c5c8c(cccc8ccc54)-c4ccccc4-7)c4ccccc4n6-c4ccccc4)cc3)nc(-c3ccc4ccccc4c3)n2)cc1. The Labute approximate surface area is 367 Å². The van der Waals surface area contributed by atoms with Gasteiger partial charge in [-0.25, -0.2) is 15.0 Å². The van der Waals surface area contributed by atoms with E-state index < -0.39 is 0 Å². The van der Waals surface area contributed by atoms with Gasteiger partial charge in [0.1, 0.15) is 0 Å². The quantitative estimate of drug-likeness (QED) is 0.174. The van der Waals surface area contributed by atoms with Gasteiger partial charge in [0.2, 0.25) is 0 Å². The molecular weight excluding hydrogens is 779 g/mol. The van der Waals surface area contributed by atoms with Crippen molar-refractivity contribution in [3.05, 3.63) is 212 Å². The molecule has 3 aromatic heterocycles. The van der Waals surface area contributed by atoms with E-state index >= 15 is 0 Å². The third-order valence-electron chi connectivity index (χ3n) is 13.3. The molecule has 0 fully saturated rings. The standard InChI is InChI=1S/C59H35N5/c1-3-15-38(16-4-1)57-60-58(62-59(61-57)41-27-26-36-14-7-8-17-40(36)34-41)39-28-31-43(32-29-39)64-49-33-30-37-18-13-24-45-44-21-9-10-22-46(44)54-53-47-23-11-12-25-48(47)63(42-19-5-2-6-20-42)50(53)35-51(64)56(54)55(49)52(37)45/h1-35H. The lowest BCUT2D eigenvalue weighted by Gasteiger charge is -2.16. The van der Waals surface area contributed by atoms with E-state index in [9.17, 15) is 0 Å². The predicted octanol–water partition coefficient (Wildman–Crippen LogP) is 15.0. The normalized spacial score (nSPS) is 12.1. The minimum atomic E-state index is 0.629. The predicted molar refractivity (Wildman–Crippen MR) is 264 cm³/mol. The van der Waals surface area contributed by atoms with E-state index in [-0.39, 0.29) is 0 Å². The van der Waals surface area contributed by atoms with E-state index in [1.54, 1.807) is 0 Å². The Morgan fingerprint density at radius 1 is 0.281 bits per heavy atom. The number of fused-ring (bicyclic) bond motifs is 8. The molecule has 0 aliphatic heterocycles. The van der Waals surface area contributed by atoms with Crippen LogP contribution in [-0.4, -0.2) is 24.1 Å². The van der Waals surface area contributed by atoms with Crippen LogP contribution in [0.15, 0.2) is 212 Å². The molecule has 1 aliphatic carbocycles. The molecule has 0 atom stereocenters. The molecule has 64 heavy (non-hydrogen) atoms. The van der Waals surface area contributed by atoms with Gasteiger partial charge in [-0.3, -0.25) is 0 Å². The molecule has 296 valence electrons. The molecular formula is C59H35N5. The maximum absolute atomic E-state index is 5.14. The molecule has 0 radical (unpaired) electrons. The van der Waals surface area contributed by atoms with Gasteiger partial charge >= 0.3 is 0 Å². The third kappa shape index (κ3) is 5.03. The van der Waals surface area contributed by atoms with Gasteiger partial charge in [0.15, 0.2) is 17.5 Å². The maximum atomic E-state index is 5.14. The lowest BCUT2D eigenvalue weighted by molar-refractivity contribution is 1.07. The molecule has 0 saturated carbocycles. The number of para-hydroxylation sites is 2. The molecule has 13 aromatic rings. The molecule has 14 rings (SSSR count). The van der Waals surface area contributed by atoms with Crippen molar-refractivity contribution in [3.63, 3.8) is 0 Å². The second-order valence-corrected chi connectivity index (χ2v) is 16.8. The summed E-state index contributed by atoms with van der Waals surface area (Å²) >= 11 is 0. The summed E-state index contributed by atoms with van der Waals surface area (Å²) in [4.78, 5) is 15.3. The molecule has 1 aliphatic rings. The Morgan fingerprint density at radius 3 is 1.66 bits per heavy atom. The molecule has 3 heterocycles. The van der Waals surface area contributed by atoms with Gasteiger partial charge in [-0.15, -0.1) is 0 Å². The van der Waals surface area contributed by atoms with Gasteiger partial charge in [-0.1, -0.05) is 152 Å². The van der Waals surface area contributed by atoms with Crippen LogP contribution in [0.3, 0.4) is 0 Å². The Morgan fingerprint density at radius 2 is 0.844 bits per heavy atom. The summed E-state index contributed by atoms with van der Waals surface area (Å²) in [5.41, 5.74) is 14.7. The van der Waals surface area contributed by atoms with Gasteiger partial charge < -0.3 is 9.13 Å². The Balaban J connectivity index is 1.04. The van der Waals surface area contributed by atoms with Crippen molar-refractivity contribution >= 4 is 65.2 Å². The summed E-state index contributed by atoms with van der Waals surface area (Å²) in [7, 11) is 0. The van der Waals surface area contributed by atoms with Gasteiger partial charge in [0, 0.05) is 55.2 Å². The highest BCUT2D eigenvalue weighted by atomic mass is 15.0. The number of hydrogen-bond donors (Lipinski definition) is 0. The number of benzene rings is 10. The first-order valence-electron chi connectivity index (χ1n) is 21.8. The van der Waals surface area contributed by atoms with Crippen molar-refractivity contribution in [1.29, 1.82) is 0 Å². The van der Waals surface area contributed by atoms with Crippen LogP contribution in [0.2, 0.25) is 0 Å². The van der Waals surface area contributed by atoms with Gasteiger partial charge in [-0.05, 0) is 98.9 Å². The molecule has 5 heteroatoms. The minimum absolute atomic E-state index is 0.629. The van der Waals surface area contributed by atoms with Crippen LogP contribution < -0.4 is 0 Å². The molecule has 10 aromatic carbocycles. The number of nitrogens with zero attached hydrogens (tertiary/aromatic N) is 5. The van der Waals surface area contributed by atoms with Crippen LogP contribution >= 0.6 is 0 Å². The summed E-state index contributed by atoms with van der Waals surface area (Å²) in [6, 6.07) is 76.2. The fourth-order valence-corrected chi connectivity index (χ4v) is 10.5. The Bertz CT molecular complexity index is 4050. The molecule has 0 unspecified atom stereocenters. The van der Waals surface area contributed by atoms with Crippen molar-refractivity contribution < 1.29 is 0 Å². The van der Waals surface area contributed by atoms with E-state index in [2.05, 4.69) is 203 Å². The first kappa shape index (κ1) is 35.0. The largest absolute Gasteiger partial charge is 0.309 e. The molecule has 0 saturated heterocycles. The van der Waals surface area contributed by atoms with Gasteiger partial charge in [-0.2, -0.15) is 0 Å². The van der Waals surface area contributed by atoms with E-state index in [1.165, 1.54) is 76.5 Å². The summed E-state index contributed by atoms with van der Waals surface area (Å²) in [5, 5.41) is 9.91. The fraction of sp³-hybridized carbons (Fsp3) is 0. The minimum Gasteiger partial charge on any atom is -0.309 e. The highest BCUT2D eigenvalue weighted by molar-refractivity contribution is 6.36. The van der Waals surface area contributed by atoms with Gasteiger partial charge in [0.05, 0.1) is 22.1 Å². The van der Waals surface area contributed by atoms with Crippen LogP contribution in [0, 0.1) is 0 Å². The highest BCUT2D eigenvalue weighted by Crippen LogP contribution is 2.53. The monoisotopic (exact) mass is 813 g/mol. The average Bonchev–Trinajstić information content (AvgIpc) is 3.84. The van der Waals surface area contributed by atoms with E-state index in [1.807, 2.05) is 18.2 Å².